The minimum atomic E-state index is 0.679. The summed E-state index contributed by atoms with van der Waals surface area (Å²) < 4.78 is 2.44. The van der Waals surface area contributed by atoms with Crippen LogP contribution in [0.25, 0.3) is 81.4 Å². The second kappa shape index (κ2) is 8.18. The van der Waals surface area contributed by atoms with E-state index in [1.54, 1.807) is 0 Å². The van der Waals surface area contributed by atoms with E-state index in [0.717, 1.165) is 16.5 Å². The van der Waals surface area contributed by atoms with Gasteiger partial charge in [0.2, 0.25) is 0 Å². The molecule has 41 heavy (non-hydrogen) atoms. The number of nitriles is 1. The van der Waals surface area contributed by atoms with Gasteiger partial charge in [0, 0.05) is 27.2 Å². The molecular formula is C39H22N2. The molecule has 0 unspecified atom stereocenters. The molecule has 9 rings (SSSR count). The van der Waals surface area contributed by atoms with Crippen molar-refractivity contribution in [3.05, 3.63) is 139 Å². The van der Waals surface area contributed by atoms with Crippen LogP contribution in [-0.4, -0.2) is 4.57 Å². The number of nitrogens with zero attached hydrogens (tertiary/aromatic N) is 2. The van der Waals surface area contributed by atoms with Gasteiger partial charge >= 0.3 is 0 Å². The molecular weight excluding hydrogens is 496 g/mol. The van der Waals surface area contributed by atoms with Crippen molar-refractivity contribution in [2.24, 2.45) is 0 Å². The lowest BCUT2D eigenvalue weighted by Gasteiger charge is -2.16. The van der Waals surface area contributed by atoms with Crippen LogP contribution in [0.4, 0.5) is 0 Å². The lowest BCUT2D eigenvalue weighted by molar-refractivity contribution is 1.19. The van der Waals surface area contributed by atoms with Crippen molar-refractivity contribution in [1.29, 1.82) is 5.26 Å². The average Bonchev–Trinajstić information content (AvgIpc) is 3.39. The topological polar surface area (TPSA) is 28.7 Å². The van der Waals surface area contributed by atoms with Gasteiger partial charge in [-0.1, -0.05) is 103 Å². The number of benzene rings is 8. The highest BCUT2D eigenvalue weighted by molar-refractivity contribution is 6.42. The van der Waals surface area contributed by atoms with Crippen molar-refractivity contribution in [2.75, 3.05) is 0 Å². The Hall–Kier alpha value is -5.65. The first-order valence-corrected chi connectivity index (χ1v) is 13.9. The smallest absolute Gasteiger partial charge is 0.0991 e. The summed E-state index contributed by atoms with van der Waals surface area (Å²) >= 11 is 0. The maximum atomic E-state index is 9.41. The van der Waals surface area contributed by atoms with E-state index in [0.29, 0.717) is 5.56 Å². The first kappa shape index (κ1) is 22.2. The van der Waals surface area contributed by atoms with E-state index in [2.05, 4.69) is 132 Å². The zero-order valence-electron chi connectivity index (χ0n) is 22.1. The monoisotopic (exact) mass is 518 g/mol. The quantitative estimate of drug-likeness (QED) is 0.199. The van der Waals surface area contributed by atoms with Gasteiger partial charge in [-0.2, -0.15) is 5.26 Å². The van der Waals surface area contributed by atoms with Gasteiger partial charge in [0.1, 0.15) is 0 Å². The standard InChI is InChI=1S/C39H22N2/c40-23-24-17-18-26-22-27(20-19-25(26)21-24)41-35-16-8-7-15-34(35)38-37-31-12-4-2-10-29(31)28-9-1-3-11-30(28)36(37)32-13-5-6-14-33(32)39(38)41/h1-22H. The van der Waals surface area contributed by atoms with Gasteiger partial charge in [-0.3, -0.25) is 0 Å². The molecule has 2 nitrogen and oxygen atoms in total. The SMILES string of the molecule is N#Cc1ccc2cc(-n3c4ccccc4c4c5c6ccccc6c6ccccc6c5c5ccccc5c43)ccc2c1. The molecule has 1 aromatic heterocycles. The van der Waals surface area contributed by atoms with Crippen molar-refractivity contribution < 1.29 is 0 Å². The van der Waals surface area contributed by atoms with Crippen molar-refractivity contribution in [1.82, 2.24) is 4.57 Å². The molecule has 1 heterocycles. The van der Waals surface area contributed by atoms with Crippen molar-refractivity contribution >= 4 is 75.7 Å². The molecule has 188 valence electrons. The number of para-hydroxylation sites is 1. The van der Waals surface area contributed by atoms with Gasteiger partial charge in [-0.05, 0) is 73.4 Å². The van der Waals surface area contributed by atoms with Crippen molar-refractivity contribution in [3.63, 3.8) is 0 Å². The Morgan fingerprint density at radius 2 is 0.976 bits per heavy atom. The fraction of sp³-hybridized carbons (Fsp3) is 0. The molecule has 8 aromatic carbocycles. The van der Waals surface area contributed by atoms with Gasteiger partial charge in [-0.15, -0.1) is 0 Å². The summed E-state index contributed by atoms with van der Waals surface area (Å²) in [6.45, 7) is 0. The molecule has 0 N–H and O–H groups in total. The highest BCUT2D eigenvalue weighted by Gasteiger charge is 2.22. The van der Waals surface area contributed by atoms with E-state index in [4.69, 9.17) is 0 Å². The Bertz CT molecular complexity index is 2600. The maximum Gasteiger partial charge on any atom is 0.0991 e. The molecule has 0 fully saturated rings. The van der Waals surface area contributed by atoms with Gasteiger partial charge in [0.25, 0.3) is 0 Å². The van der Waals surface area contributed by atoms with Gasteiger partial charge in [0.15, 0.2) is 0 Å². The molecule has 0 aliphatic rings. The minimum absolute atomic E-state index is 0.679. The average molecular weight is 519 g/mol. The van der Waals surface area contributed by atoms with Crippen LogP contribution in [0.2, 0.25) is 0 Å². The third-order valence-electron chi connectivity index (χ3n) is 8.72. The Morgan fingerprint density at radius 1 is 0.439 bits per heavy atom. The summed E-state index contributed by atoms with van der Waals surface area (Å²) in [6, 6.07) is 50.1. The number of fused-ring (bicyclic) bond motifs is 14. The third kappa shape index (κ3) is 2.95. The summed E-state index contributed by atoms with van der Waals surface area (Å²) in [5.41, 5.74) is 4.20. The van der Waals surface area contributed by atoms with E-state index in [1.165, 1.54) is 64.9 Å². The predicted octanol–water partition coefficient (Wildman–Crippen LogP) is 10.4. The molecule has 0 atom stereocenters. The number of rotatable bonds is 1. The third-order valence-corrected chi connectivity index (χ3v) is 8.72. The van der Waals surface area contributed by atoms with Crippen LogP contribution in [0, 0.1) is 11.3 Å². The largest absolute Gasteiger partial charge is 0.309 e. The Labute approximate surface area is 235 Å². The van der Waals surface area contributed by atoms with E-state index in [1.807, 2.05) is 12.1 Å². The van der Waals surface area contributed by atoms with Crippen LogP contribution < -0.4 is 0 Å². The molecule has 0 aliphatic carbocycles. The summed E-state index contributed by atoms with van der Waals surface area (Å²) in [7, 11) is 0. The zero-order valence-corrected chi connectivity index (χ0v) is 22.1. The van der Waals surface area contributed by atoms with Crippen molar-refractivity contribution in [3.8, 4) is 11.8 Å². The lowest BCUT2D eigenvalue weighted by atomic mass is 9.88. The van der Waals surface area contributed by atoms with Crippen LogP contribution in [0.1, 0.15) is 5.56 Å². The summed E-state index contributed by atoms with van der Waals surface area (Å²) in [6.07, 6.45) is 0. The van der Waals surface area contributed by atoms with E-state index >= 15 is 0 Å². The highest BCUT2D eigenvalue weighted by atomic mass is 15.0. The molecule has 0 saturated carbocycles. The Morgan fingerprint density at radius 3 is 1.68 bits per heavy atom. The van der Waals surface area contributed by atoms with E-state index < -0.39 is 0 Å². The van der Waals surface area contributed by atoms with E-state index in [9.17, 15) is 5.26 Å². The molecule has 0 aliphatic heterocycles. The minimum Gasteiger partial charge on any atom is -0.309 e. The second-order valence-electron chi connectivity index (χ2n) is 10.8. The molecule has 0 amide bonds. The molecule has 0 radical (unpaired) electrons. The number of hydrogen-bond donors (Lipinski definition) is 0. The Balaban J connectivity index is 1.58. The Kier molecular flexibility index (Phi) is 4.43. The van der Waals surface area contributed by atoms with Gasteiger partial charge in [-0.25, -0.2) is 0 Å². The number of hydrogen-bond acceptors (Lipinski definition) is 1. The van der Waals surface area contributed by atoms with Gasteiger partial charge < -0.3 is 4.57 Å². The van der Waals surface area contributed by atoms with Crippen LogP contribution in [-0.2, 0) is 0 Å². The van der Waals surface area contributed by atoms with Crippen LogP contribution in [0.5, 0.6) is 0 Å². The predicted molar refractivity (Wildman–Crippen MR) is 173 cm³/mol. The lowest BCUT2D eigenvalue weighted by Crippen LogP contribution is -1.95. The summed E-state index contributed by atoms with van der Waals surface area (Å²) in [4.78, 5) is 0. The molecule has 0 spiro atoms. The summed E-state index contributed by atoms with van der Waals surface area (Å²) in [5.74, 6) is 0. The van der Waals surface area contributed by atoms with Crippen LogP contribution >= 0.6 is 0 Å². The second-order valence-corrected chi connectivity index (χ2v) is 10.8. The van der Waals surface area contributed by atoms with Gasteiger partial charge in [0.05, 0.1) is 22.7 Å². The fourth-order valence-electron chi connectivity index (χ4n) is 7.05. The normalized spacial score (nSPS) is 11.9. The maximum absolute atomic E-state index is 9.41. The first-order chi connectivity index (χ1) is 20.3. The fourth-order valence-corrected chi connectivity index (χ4v) is 7.05. The molecule has 0 saturated heterocycles. The number of aromatic nitrogens is 1. The molecule has 9 aromatic rings. The van der Waals surface area contributed by atoms with E-state index in [-0.39, 0.29) is 0 Å². The highest BCUT2D eigenvalue weighted by Crippen LogP contribution is 2.47. The van der Waals surface area contributed by atoms with Crippen LogP contribution in [0.15, 0.2) is 133 Å². The molecule has 0 bridgehead atoms. The van der Waals surface area contributed by atoms with Crippen LogP contribution in [0.3, 0.4) is 0 Å². The zero-order chi connectivity index (χ0) is 27.1. The molecule has 2 heteroatoms. The van der Waals surface area contributed by atoms with Crippen molar-refractivity contribution in [2.45, 2.75) is 0 Å². The summed E-state index contributed by atoms with van der Waals surface area (Å²) in [5, 5.41) is 24.4. The first-order valence-electron chi connectivity index (χ1n) is 13.9.